The first-order valence-corrected chi connectivity index (χ1v) is 9.09. The summed E-state index contributed by atoms with van der Waals surface area (Å²) in [5, 5.41) is 9.26. The molecule has 0 radical (unpaired) electrons. The van der Waals surface area contributed by atoms with Crippen LogP contribution in [0.15, 0.2) is 63.9 Å². The lowest BCUT2D eigenvalue weighted by molar-refractivity contribution is -0.137. The Bertz CT molecular complexity index is 941. The Morgan fingerprint density at radius 2 is 1.97 bits per heavy atom. The highest BCUT2D eigenvalue weighted by molar-refractivity contribution is 9.10. The molecular weight excluding hydrogens is 453 g/mol. The van der Waals surface area contributed by atoms with Crippen LogP contribution in [-0.4, -0.2) is 36.2 Å². The maximum Gasteiger partial charge on any atom is 0.416 e. The molecular formula is C20H18BrF3N2O3. The number of alkyl halides is 3. The molecule has 2 aromatic rings. The predicted molar refractivity (Wildman–Crippen MR) is 107 cm³/mol. The minimum absolute atomic E-state index is 0.0580. The molecule has 0 aliphatic carbocycles. The lowest BCUT2D eigenvalue weighted by Crippen LogP contribution is -2.22. The molecule has 0 unspecified atom stereocenters. The number of aliphatic imine (C=N–C) groups is 1. The number of halogens is 4. The lowest BCUT2D eigenvalue weighted by Gasteiger charge is -2.16. The van der Waals surface area contributed by atoms with E-state index in [-0.39, 0.29) is 12.9 Å². The number of aliphatic hydroxyl groups is 1. The van der Waals surface area contributed by atoms with Crippen LogP contribution in [0.5, 0.6) is 5.75 Å². The molecule has 0 fully saturated rings. The Balaban J connectivity index is 2.21. The third-order valence-electron chi connectivity index (χ3n) is 3.73. The van der Waals surface area contributed by atoms with E-state index in [4.69, 9.17) is 4.74 Å². The van der Waals surface area contributed by atoms with Crippen molar-refractivity contribution in [2.45, 2.75) is 12.8 Å². The minimum Gasteiger partial charge on any atom is -0.503 e. The van der Waals surface area contributed by atoms with Crippen molar-refractivity contribution < 1.29 is 27.8 Å². The van der Waals surface area contributed by atoms with E-state index >= 15 is 0 Å². The number of aldehydes is 1. The van der Waals surface area contributed by atoms with Crippen LogP contribution in [0.3, 0.4) is 0 Å². The molecule has 0 heterocycles. The fourth-order valence-corrected chi connectivity index (χ4v) is 2.83. The molecule has 2 aromatic carbocycles. The van der Waals surface area contributed by atoms with Crippen LogP contribution in [0.2, 0.25) is 0 Å². The van der Waals surface area contributed by atoms with Gasteiger partial charge in [0.2, 0.25) is 0 Å². The number of rotatable bonds is 6. The molecule has 154 valence electrons. The molecule has 0 saturated carbocycles. The Kier molecular flexibility index (Phi) is 7.44. The van der Waals surface area contributed by atoms with Gasteiger partial charge in [0, 0.05) is 29.7 Å². The first-order chi connectivity index (χ1) is 13.6. The molecule has 0 saturated heterocycles. The van der Waals surface area contributed by atoms with Gasteiger partial charge in [-0.15, -0.1) is 0 Å². The number of aliphatic hydroxyl groups excluding tert-OH is 1. The Hall–Kier alpha value is -2.81. The summed E-state index contributed by atoms with van der Waals surface area (Å²) >= 11 is 3.15. The summed E-state index contributed by atoms with van der Waals surface area (Å²) in [6.07, 6.45) is -3.10. The molecule has 9 heteroatoms. The molecule has 2 rings (SSSR count). The fraction of sp³-hybridized carbons (Fsp3) is 0.200. The van der Waals surface area contributed by atoms with Gasteiger partial charge in [-0.1, -0.05) is 34.1 Å². The molecule has 0 aromatic heterocycles. The number of benzene rings is 2. The van der Waals surface area contributed by atoms with Crippen molar-refractivity contribution in [1.82, 2.24) is 4.90 Å². The highest BCUT2D eigenvalue weighted by atomic mass is 79.9. The molecule has 0 bridgehead atoms. The second-order valence-electron chi connectivity index (χ2n) is 6.14. The summed E-state index contributed by atoms with van der Waals surface area (Å²) in [4.78, 5) is 16.3. The average molecular weight is 471 g/mol. The van der Waals surface area contributed by atoms with Gasteiger partial charge < -0.3 is 14.7 Å². The molecule has 0 atom stereocenters. The van der Waals surface area contributed by atoms with E-state index in [9.17, 15) is 23.1 Å². The van der Waals surface area contributed by atoms with E-state index < -0.39 is 17.5 Å². The molecule has 0 aliphatic rings. The van der Waals surface area contributed by atoms with Gasteiger partial charge in [-0.2, -0.15) is 13.2 Å². The number of ether oxygens (including phenoxy) is 1. The van der Waals surface area contributed by atoms with Crippen LogP contribution in [0.25, 0.3) is 0 Å². The van der Waals surface area contributed by atoms with E-state index in [1.807, 2.05) is 0 Å². The zero-order valence-electron chi connectivity index (χ0n) is 15.6. The third kappa shape index (κ3) is 6.35. The first kappa shape index (κ1) is 22.5. The summed E-state index contributed by atoms with van der Waals surface area (Å²) in [5.41, 5.74) is 0.478. The summed E-state index contributed by atoms with van der Waals surface area (Å²) in [6, 6.07) is 10.3. The molecule has 0 amide bonds. The maximum atomic E-state index is 12.8. The summed E-state index contributed by atoms with van der Waals surface area (Å²) in [5.74, 6) is 0.441. The number of hydrogen-bond acceptors (Lipinski definition) is 4. The highest BCUT2D eigenvalue weighted by Gasteiger charge is 2.30. The molecule has 0 spiro atoms. The number of nitrogens with zero attached hydrogens (tertiary/aromatic N) is 2. The van der Waals surface area contributed by atoms with Crippen LogP contribution in [0, 0.1) is 0 Å². The quantitative estimate of drug-likeness (QED) is 0.213. The number of carbonyl (C=O) groups excluding carboxylic acids is 1. The van der Waals surface area contributed by atoms with Gasteiger partial charge >= 0.3 is 6.18 Å². The minimum atomic E-state index is -4.41. The average Bonchev–Trinajstić information content (AvgIpc) is 2.66. The van der Waals surface area contributed by atoms with Crippen LogP contribution >= 0.6 is 15.9 Å². The largest absolute Gasteiger partial charge is 0.503 e. The summed E-state index contributed by atoms with van der Waals surface area (Å²) in [7, 11) is 3.49. The molecule has 29 heavy (non-hydrogen) atoms. The Labute approximate surface area is 174 Å². The number of hydrogen-bond donors (Lipinski definition) is 1. The lowest BCUT2D eigenvalue weighted by atomic mass is 10.1. The zero-order chi connectivity index (χ0) is 21.6. The van der Waals surface area contributed by atoms with E-state index in [0.717, 1.165) is 18.3 Å². The number of carbonyl (C=O) groups is 1. The standard InChI is InChI=1S/C20H18BrF3N2O3/c1-26(2)19(25-10-16(28)11-27)13-4-3-5-17(8-13)29-12-14-6-7-15(9-18(14)21)20(22,23)24/h3-11,28H,12H2,1-2H3/b16-10+,25-19-. The second-order valence-corrected chi connectivity index (χ2v) is 6.99. The van der Waals surface area contributed by atoms with Crippen molar-refractivity contribution in [3.63, 3.8) is 0 Å². The zero-order valence-corrected chi connectivity index (χ0v) is 17.2. The summed E-state index contributed by atoms with van der Waals surface area (Å²) in [6.45, 7) is 0.0580. The second kappa shape index (κ2) is 9.60. The van der Waals surface area contributed by atoms with Crippen molar-refractivity contribution >= 4 is 28.1 Å². The van der Waals surface area contributed by atoms with Crippen LogP contribution in [-0.2, 0) is 17.6 Å². The van der Waals surface area contributed by atoms with Gasteiger partial charge in [0.15, 0.2) is 12.0 Å². The fourth-order valence-electron chi connectivity index (χ4n) is 2.33. The topological polar surface area (TPSA) is 62.1 Å². The Morgan fingerprint density at radius 3 is 2.55 bits per heavy atom. The van der Waals surface area contributed by atoms with Gasteiger partial charge in [0.25, 0.3) is 0 Å². The van der Waals surface area contributed by atoms with Crippen molar-refractivity contribution in [3.8, 4) is 5.75 Å². The SMILES string of the molecule is CN(C)/C(=N\C=C(\O)C=O)c1cccc(OCc2ccc(C(F)(F)F)cc2Br)c1. The Morgan fingerprint density at radius 1 is 1.24 bits per heavy atom. The van der Waals surface area contributed by atoms with Crippen molar-refractivity contribution in [3.05, 3.63) is 75.6 Å². The molecule has 1 N–H and O–H groups in total. The maximum absolute atomic E-state index is 12.8. The van der Waals surface area contributed by atoms with E-state index in [0.29, 0.717) is 27.2 Å². The third-order valence-corrected chi connectivity index (χ3v) is 4.47. The van der Waals surface area contributed by atoms with E-state index in [2.05, 4.69) is 20.9 Å². The van der Waals surface area contributed by atoms with Crippen LogP contribution < -0.4 is 4.74 Å². The first-order valence-electron chi connectivity index (χ1n) is 8.30. The van der Waals surface area contributed by atoms with Gasteiger partial charge in [0.1, 0.15) is 18.2 Å². The van der Waals surface area contributed by atoms with Crippen LogP contribution in [0.1, 0.15) is 16.7 Å². The smallest absolute Gasteiger partial charge is 0.416 e. The van der Waals surface area contributed by atoms with Gasteiger partial charge in [-0.3, -0.25) is 4.79 Å². The number of amidine groups is 1. The van der Waals surface area contributed by atoms with Crippen molar-refractivity contribution in [2.24, 2.45) is 4.99 Å². The number of allylic oxidation sites excluding steroid dienone is 1. The molecule has 5 nitrogen and oxygen atoms in total. The van der Waals surface area contributed by atoms with E-state index in [1.54, 1.807) is 43.3 Å². The normalized spacial score (nSPS) is 12.6. The van der Waals surface area contributed by atoms with Crippen molar-refractivity contribution in [2.75, 3.05) is 14.1 Å². The van der Waals surface area contributed by atoms with Gasteiger partial charge in [0.05, 0.1) is 11.8 Å². The monoisotopic (exact) mass is 470 g/mol. The van der Waals surface area contributed by atoms with Gasteiger partial charge in [-0.05, 0) is 24.3 Å². The van der Waals surface area contributed by atoms with E-state index in [1.165, 1.54) is 6.07 Å². The van der Waals surface area contributed by atoms with Gasteiger partial charge in [-0.25, -0.2) is 4.99 Å². The summed E-state index contributed by atoms with van der Waals surface area (Å²) < 4.78 is 44.3. The van der Waals surface area contributed by atoms with Crippen LogP contribution in [0.4, 0.5) is 13.2 Å². The van der Waals surface area contributed by atoms with Crippen molar-refractivity contribution in [1.29, 1.82) is 0 Å². The molecule has 0 aliphatic heterocycles. The highest BCUT2D eigenvalue weighted by Crippen LogP contribution is 2.32. The predicted octanol–water partition coefficient (Wildman–Crippen LogP) is 4.95.